The van der Waals surface area contributed by atoms with E-state index in [1.54, 1.807) is 4.68 Å². The van der Waals surface area contributed by atoms with Crippen molar-refractivity contribution in [3.63, 3.8) is 0 Å². The Balaban J connectivity index is 2.08. The van der Waals surface area contributed by atoms with Gasteiger partial charge in [0.25, 0.3) is 0 Å². The van der Waals surface area contributed by atoms with Crippen LogP contribution in [0.1, 0.15) is 11.3 Å². The number of hydrogen-bond acceptors (Lipinski definition) is 4. The SMILES string of the molecule is Cc1nn(-c2ccccc2)c(Oc2ccc(F)cc2)c1C=NN=C(N)N. The zero-order valence-electron chi connectivity index (χ0n) is 14.0. The molecule has 0 saturated carbocycles. The summed E-state index contributed by atoms with van der Waals surface area (Å²) in [4.78, 5) is 0. The monoisotopic (exact) mass is 352 g/mol. The molecule has 0 radical (unpaired) electrons. The Hall–Kier alpha value is -3.68. The first-order valence-electron chi connectivity index (χ1n) is 7.75. The van der Waals surface area contributed by atoms with E-state index in [0.717, 1.165) is 5.69 Å². The molecule has 0 spiro atoms. The summed E-state index contributed by atoms with van der Waals surface area (Å²) >= 11 is 0. The largest absolute Gasteiger partial charge is 0.438 e. The Kier molecular flexibility index (Phi) is 4.93. The van der Waals surface area contributed by atoms with Gasteiger partial charge in [-0.25, -0.2) is 4.39 Å². The number of rotatable bonds is 5. The fourth-order valence-electron chi connectivity index (χ4n) is 2.28. The molecule has 0 fully saturated rings. The van der Waals surface area contributed by atoms with Crippen molar-refractivity contribution in [3.8, 4) is 17.3 Å². The maximum Gasteiger partial charge on any atom is 0.231 e. The van der Waals surface area contributed by atoms with Gasteiger partial charge in [-0.05, 0) is 43.3 Å². The molecule has 0 aliphatic carbocycles. The van der Waals surface area contributed by atoms with Gasteiger partial charge in [-0.15, -0.1) is 5.10 Å². The van der Waals surface area contributed by atoms with Crippen molar-refractivity contribution in [3.05, 3.63) is 71.7 Å². The average molecular weight is 352 g/mol. The minimum absolute atomic E-state index is 0.157. The highest BCUT2D eigenvalue weighted by atomic mass is 19.1. The van der Waals surface area contributed by atoms with Crippen LogP contribution in [0.2, 0.25) is 0 Å². The Morgan fingerprint density at radius 1 is 1.12 bits per heavy atom. The van der Waals surface area contributed by atoms with Crippen molar-refractivity contribution in [1.29, 1.82) is 0 Å². The Bertz CT molecular complexity index is 944. The van der Waals surface area contributed by atoms with Crippen molar-refractivity contribution in [2.45, 2.75) is 6.92 Å². The quantitative estimate of drug-likeness (QED) is 0.418. The summed E-state index contributed by atoms with van der Waals surface area (Å²) in [6.07, 6.45) is 1.46. The topological polar surface area (TPSA) is 104 Å². The summed E-state index contributed by atoms with van der Waals surface area (Å²) in [5, 5.41) is 12.0. The zero-order chi connectivity index (χ0) is 18.5. The molecular formula is C18H17FN6O. The number of aryl methyl sites for hydroxylation is 1. The number of nitrogens with two attached hydrogens (primary N) is 2. The highest BCUT2D eigenvalue weighted by Crippen LogP contribution is 2.29. The van der Waals surface area contributed by atoms with Gasteiger partial charge in [0, 0.05) is 0 Å². The van der Waals surface area contributed by atoms with Crippen LogP contribution in [0, 0.1) is 12.7 Å². The van der Waals surface area contributed by atoms with Crippen LogP contribution < -0.4 is 16.2 Å². The van der Waals surface area contributed by atoms with E-state index in [2.05, 4.69) is 15.3 Å². The van der Waals surface area contributed by atoms with Crippen molar-refractivity contribution in [2.24, 2.45) is 21.7 Å². The van der Waals surface area contributed by atoms with Gasteiger partial charge in [0.1, 0.15) is 11.6 Å². The van der Waals surface area contributed by atoms with Gasteiger partial charge < -0.3 is 16.2 Å². The number of para-hydroxylation sites is 1. The second kappa shape index (κ2) is 7.47. The number of nitrogens with zero attached hydrogens (tertiary/aromatic N) is 4. The van der Waals surface area contributed by atoms with Gasteiger partial charge in [-0.1, -0.05) is 18.2 Å². The van der Waals surface area contributed by atoms with Gasteiger partial charge in [0.15, 0.2) is 0 Å². The van der Waals surface area contributed by atoms with E-state index in [4.69, 9.17) is 16.2 Å². The first kappa shape index (κ1) is 17.2. The lowest BCUT2D eigenvalue weighted by molar-refractivity contribution is 0.442. The van der Waals surface area contributed by atoms with E-state index in [1.807, 2.05) is 37.3 Å². The molecule has 3 rings (SSSR count). The summed E-state index contributed by atoms with van der Waals surface area (Å²) in [6, 6.07) is 15.2. The molecule has 0 amide bonds. The standard InChI is InChI=1S/C18H17FN6O/c1-12-16(11-22-23-18(20)21)17(26-15-9-7-13(19)8-10-15)25(24-12)14-5-3-2-4-6-14/h2-11H,1H3,(H4,20,21,23). The van der Waals surface area contributed by atoms with Crippen molar-refractivity contribution in [1.82, 2.24) is 9.78 Å². The number of benzene rings is 2. The molecule has 0 atom stereocenters. The number of halogens is 1. The minimum Gasteiger partial charge on any atom is -0.438 e. The van der Waals surface area contributed by atoms with Crippen LogP contribution in [-0.4, -0.2) is 22.0 Å². The van der Waals surface area contributed by atoms with Crippen LogP contribution in [0.25, 0.3) is 5.69 Å². The predicted molar refractivity (Wildman–Crippen MR) is 98.2 cm³/mol. The third-order valence-corrected chi connectivity index (χ3v) is 3.45. The molecule has 0 unspecified atom stereocenters. The van der Waals surface area contributed by atoms with Gasteiger partial charge in [-0.2, -0.15) is 14.9 Å². The second-order valence-electron chi connectivity index (χ2n) is 5.38. The average Bonchev–Trinajstić information content (AvgIpc) is 2.93. The third-order valence-electron chi connectivity index (χ3n) is 3.45. The van der Waals surface area contributed by atoms with Crippen LogP contribution in [0.15, 0.2) is 64.8 Å². The molecule has 0 aliphatic rings. The second-order valence-corrected chi connectivity index (χ2v) is 5.38. The van der Waals surface area contributed by atoms with E-state index in [1.165, 1.54) is 30.5 Å². The van der Waals surface area contributed by atoms with Crippen LogP contribution >= 0.6 is 0 Å². The summed E-state index contributed by atoms with van der Waals surface area (Å²) in [5.41, 5.74) is 12.7. The molecule has 1 heterocycles. The molecule has 132 valence electrons. The molecule has 0 bridgehead atoms. The normalized spacial score (nSPS) is 10.8. The smallest absolute Gasteiger partial charge is 0.231 e. The van der Waals surface area contributed by atoms with Crippen molar-refractivity contribution < 1.29 is 9.13 Å². The van der Waals surface area contributed by atoms with Gasteiger partial charge in [0.05, 0.1) is 23.2 Å². The van der Waals surface area contributed by atoms with Gasteiger partial charge in [-0.3, -0.25) is 0 Å². The summed E-state index contributed by atoms with van der Waals surface area (Å²) in [7, 11) is 0. The van der Waals surface area contributed by atoms with E-state index >= 15 is 0 Å². The van der Waals surface area contributed by atoms with Gasteiger partial charge in [0.2, 0.25) is 11.8 Å². The third kappa shape index (κ3) is 3.86. The first-order chi connectivity index (χ1) is 12.5. The van der Waals surface area contributed by atoms with Crippen LogP contribution in [0.4, 0.5) is 4.39 Å². The van der Waals surface area contributed by atoms with E-state index in [-0.39, 0.29) is 11.8 Å². The summed E-state index contributed by atoms with van der Waals surface area (Å²) in [5.74, 6) is 0.366. The summed E-state index contributed by atoms with van der Waals surface area (Å²) < 4.78 is 20.8. The number of ether oxygens (including phenoxy) is 1. The first-order valence-corrected chi connectivity index (χ1v) is 7.75. The fraction of sp³-hybridized carbons (Fsp3) is 0.0556. The molecule has 8 heteroatoms. The lowest BCUT2D eigenvalue weighted by atomic mass is 10.2. The lowest BCUT2D eigenvalue weighted by Crippen LogP contribution is -2.21. The zero-order valence-corrected chi connectivity index (χ0v) is 14.0. The number of hydrogen-bond donors (Lipinski definition) is 2. The lowest BCUT2D eigenvalue weighted by Gasteiger charge is -2.10. The van der Waals surface area contributed by atoms with E-state index in [9.17, 15) is 4.39 Å². The maximum atomic E-state index is 13.2. The summed E-state index contributed by atoms with van der Waals surface area (Å²) in [6.45, 7) is 1.81. The molecule has 2 aromatic carbocycles. The fourth-order valence-corrected chi connectivity index (χ4v) is 2.28. The Labute approximate surface area is 149 Å². The molecule has 26 heavy (non-hydrogen) atoms. The van der Waals surface area contributed by atoms with E-state index in [0.29, 0.717) is 22.9 Å². The van der Waals surface area contributed by atoms with Gasteiger partial charge >= 0.3 is 0 Å². The highest BCUT2D eigenvalue weighted by Gasteiger charge is 2.17. The molecule has 3 aromatic rings. The number of aromatic nitrogens is 2. The highest BCUT2D eigenvalue weighted by molar-refractivity contribution is 5.85. The maximum absolute atomic E-state index is 13.2. The van der Waals surface area contributed by atoms with Crippen molar-refractivity contribution in [2.75, 3.05) is 0 Å². The minimum atomic E-state index is -0.348. The molecule has 4 N–H and O–H groups in total. The molecule has 0 aliphatic heterocycles. The molecule has 1 aromatic heterocycles. The molecular weight excluding hydrogens is 335 g/mol. The number of guanidine groups is 1. The Morgan fingerprint density at radius 3 is 2.46 bits per heavy atom. The molecule has 0 saturated heterocycles. The van der Waals surface area contributed by atoms with Crippen LogP contribution in [-0.2, 0) is 0 Å². The van der Waals surface area contributed by atoms with E-state index < -0.39 is 0 Å². The van der Waals surface area contributed by atoms with Crippen molar-refractivity contribution >= 4 is 12.2 Å². The Morgan fingerprint density at radius 2 is 1.81 bits per heavy atom. The molecule has 7 nitrogen and oxygen atoms in total. The van der Waals surface area contributed by atoms with Crippen LogP contribution in [0.5, 0.6) is 11.6 Å². The predicted octanol–water partition coefficient (Wildman–Crippen LogP) is 2.72. The van der Waals surface area contributed by atoms with Crippen LogP contribution in [0.3, 0.4) is 0 Å².